The van der Waals surface area contributed by atoms with Crippen molar-refractivity contribution in [3.63, 3.8) is 0 Å². The number of hydrogen-bond donors (Lipinski definition) is 2. The molecule has 0 fully saturated rings. The second-order valence-corrected chi connectivity index (χ2v) is 8.12. The van der Waals surface area contributed by atoms with E-state index in [1.165, 1.54) is 18.2 Å². The number of hydrogen-bond acceptors (Lipinski definition) is 3. The van der Waals surface area contributed by atoms with Gasteiger partial charge in [0, 0.05) is 40.2 Å². The Morgan fingerprint density at radius 2 is 1.24 bits per heavy atom. The van der Waals surface area contributed by atoms with Crippen LogP contribution >= 0.6 is 0 Å². The topological polar surface area (TPSA) is 79.2 Å². The summed E-state index contributed by atoms with van der Waals surface area (Å²) in [5.74, 6) is -0.365. The number of nitrogens with zero attached hydrogens (tertiary/aromatic N) is 1. The van der Waals surface area contributed by atoms with Crippen LogP contribution in [0.5, 0.6) is 0 Å². The molecule has 0 bridgehead atoms. The number of ketones is 2. The summed E-state index contributed by atoms with van der Waals surface area (Å²) < 4.78 is 40.3. The molecule has 0 radical (unpaired) electrons. The van der Waals surface area contributed by atoms with Gasteiger partial charge in [-0.25, -0.2) is 4.79 Å². The van der Waals surface area contributed by atoms with Crippen LogP contribution in [-0.2, 0) is 12.7 Å². The minimum atomic E-state index is -4.53. The lowest BCUT2D eigenvalue weighted by Gasteiger charge is -2.11. The molecule has 0 atom stereocenters. The summed E-state index contributed by atoms with van der Waals surface area (Å²) in [6.45, 7) is -0.000306. The van der Waals surface area contributed by atoms with E-state index in [0.717, 1.165) is 12.1 Å². The number of halogens is 4. The predicted octanol–water partition coefficient (Wildman–Crippen LogP) is 2.75. The van der Waals surface area contributed by atoms with E-state index in [2.05, 4.69) is 10.6 Å². The van der Waals surface area contributed by atoms with E-state index in [1.807, 2.05) is 6.07 Å². The standard InChI is InChI=1S/C28H20F3N3O3.BrH/c29-28(30,31)22-9-5-11-24(17-22)33-27(37)32-23-10-4-8-21(16-23)25(35)18-34-14-12-20(13-15-34)26(36)19-6-2-1-3-7-19;/h1-17H,18H2,(H-,32,33,37);1H. The zero-order valence-electron chi connectivity index (χ0n) is 19.7. The number of carbonyl (C=O) groups is 3. The molecule has 0 aliphatic carbocycles. The summed E-state index contributed by atoms with van der Waals surface area (Å²) in [6, 6.07) is 21.8. The van der Waals surface area contributed by atoms with Crippen molar-refractivity contribution in [1.29, 1.82) is 0 Å². The van der Waals surface area contributed by atoms with Gasteiger partial charge in [-0.15, -0.1) is 0 Å². The SMILES string of the molecule is O=C(Nc1cccc(C(=O)C[n+]2ccc(C(=O)c3ccccc3)cc2)c1)Nc1cccc(C(F)(F)F)c1.[Br-]. The van der Waals surface area contributed by atoms with E-state index < -0.39 is 17.8 Å². The van der Waals surface area contributed by atoms with Gasteiger partial charge in [-0.05, 0) is 30.3 Å². The number of nitrogens with one attached hydrogen (secondary N) is 2. The molecule has 0 saturated heterocycles. The number of Topliss-reactive ketones (excluding diaryl/α,β-unsaturated/α-hetero) is 1. The molecule has 2 N–H and O–H groups in total. The fourth-order valence-corrected chi connectivity index (χ4v) is 3.56. The molecule has 0 unspecified atom stereocenters. The third-order valence-electron chi connectivity index (χ3n) is 5.41. The lowest BCUT2D eigenvalue weighted by molar-refractivity contribution is -0.683. The Bertz CT molecular complexity index is 1440. The summed E-state index contributed by atoms with van der Waals surface area (Å²) >= 11 is 0. The molecule has 1 aromatic heterocycles. The second kappa shape index (κ2) is 12.3. The largest absolute Gasteiger partial charge is 1.00 e. The van der Waals surface area contributed by atoms with E-state index in [0.29, 0.717) is 22.4 Å². The number of alkyl halides is 3. The van der Waals surface area contributed by atoms with Gasteiger partial charge in [0.1, 0.15) is 0 Å². The third-order valence-corrected chi connectivity index (χ3v) is 5.41. The highest BCUT2D eigenvalue weighted by atomic mass is 79.9. The minimum absolute atomic E-state index is 0. The highest BCUT2D eigenvalue weighted by molar-refractivity contribution is 6.08. The van der Waals surface area contributed by atoms with Crippen molar-refractivity contribution in [2.24, 2.45) is 0 Å². The van der Waals surface area contributed by atoms with Gasteiger partial charge in [-0.3, -0.25) is 9.59 Å². The highest BCUT2D eigenvalue weighted by Gasteiger charge is 2.30. The fraction of sp³-hybridized carbons (Fsp3) is 0.0714. The van der Waals surface area contributed by atoms with Crippen molar-refractivity contribution < 1.29 is 49.1 Å². The molecule has 10 heteroatoms. The number of amides is 2. The number of rotatable bonds is 7. The van der Waals surface area contributed by atoms with Crippen LogP contribution in [0.15, 0.2) is 103 Å². The average molecular weight is 584 g/mol. The summed E-state index contributed by atoms with van der Waals surface area (Å²) in [4.78, 5) is 37.6. The molecule has 4 rings (SSSR count). The molecule has 6 nitrogen and oxygen atoms in total. The molecule has 2 amide bonds. The maximum atomic E-state index is 12.9. The molecule has 0 aliphatic heterocycles. The van der Waals surface area contributed by atoms with Crippen LogP contribution < -0.4 is 32.2 Å². The van der Waals surface area contributed by atoms with E-state index in [9.17, 15) is 27.6 Å². The quantitative estimate of drug-likeness (QED) is 0.259. The van der Waals surface area contributed by atoms with Crippen LogP contribution in [0.1, 0.15) is 31.8 Å². The Hall–Kier alpha value is -4.31. The average Bonchev–Trinajstić information content (AvgIpc) is 2.89. The summed E-state index contributed by atoms with van der Waals surface area (Å²) in [6.07, 6.45) is -1.25. The van der Waals surface area contributed by atoms with Crippen molar-refractivity contribution in [1.82, 2.24) is 0 Å². The zero-order chi connectivity index (χ0) is 26.4. The molecule has 194 valence electrons. The number of aromatic nitrogens is 1. The van der Waals surface area contributed by atoms with Crippen LogP contribution in [0.25, 0.3) is 0 Å². The smallest absolute Gasteiger partial charge is 0.416 e. The molecule has 0 spiro atoms. The molecular weight excluding hydrogens is 563 g/mol. The normalized spacial score (nSPS) is 10.7. The zero-order valence-corrected chi connectivity index (χ0v) is 21.3. The van der Waals surface area contributed by atoms with Crippen LogP contribution in [0.3, 0.4) is 0 Å². The second-order valence-electron chi connectivity index (χ2n) is 8.12. The first-order valence-electron chi connectivity index (χ1n) is 11.2. The van der Waals surface area contributed by atoms with Crippen LogP contribution in [0, 0.1) is 0 Å². The number of pyridine rings is 1. The van der Waals surface area contributed by atoms with E-state index in [4.69, 9.17) is 0 Å². The number of benzene rings is 3. The molecule has 3 aromatic carbocycles. The van der Waals surface area contributed by atoms with Gasteiger partial charge >= 0.3 is 12.2 Å². The van der Waals surface area contributed by atoms with Gasteiger partial charge in [-0.1, -0.05) is 48.5 Å². The number of carbonyl (C=O) groups excluding carboxylic acids is 3. The fourth-order valence-electron chi connectivity index (χ4n) is 3.56. The van der Waals surface area contributed by atoms with Crippen LogP contribution in [0.2, 0.25) is 0 Å². The Morgan fingerprint density at radius 3 is 1.87 bits per heavy atom. The first kappa shape index (κ1) is 28.3. The maximum absolute atomic E-state index is 12.9. The summed E-state index contributed by atoms with van der Waals surface area (Å²) in [7, 11) is 0. The lowest BCUT2D eigenvalue weighted by Crippen LogP contribution is -3.00. The van der Waals surface area contributed by atoms with Crippen molar-refractivity contribution in [3.8, 4) is 0 Å². The van der Waals surface area contributed by atoms with Gasteiger partial charge in [-0.2, -0.15) is 17.7 Å². The molecule has 1 heterocycles. The Balaban J connectivity index is 0.00000400. The van der Waals surface area contributed by atoms with Gasteiger partial charge in [0.15, 0.2) is 18.2 Å². The maximum Gasteiger partial charge on any atom is 0.416 e. The van der Waals surface area contributed by atoms with Crippen molar-refractivity contribution in [2.45, 2.75) is 12.7 Å². The van der Waals surface area contributed by atoms with Gasteiger partial charge in [0.05, 0.1) is 5.56 Å². The first-order valence-corrected chi connectivity index (χ1v) is 11.2. The van der Waals surface area contributed by atoms with E-state index in [1.54, 1.807) is 71.6 Å². The highest BCUT2D eigenvalue weighted by Crippen LogP contribution is 2.30. The van der Waals surface area contributed by atoms with Crippen LogP contribution in [0.4, 0.5) is 29.3 Å². The molecule has 4 aromatic rings. The van der Waals surface area contributed by atoms with Crippen molar-refractivity contribution >= 4 is 29.0 Å². The van der Waals surface area contributed by atoms with Crippen molar-refractivity contribution in [2.75, 3.05) is 10.6 Å². The Morgan fingerprint density at radius 1 is 0.684 bits per heavy atom. The van der Waals surface area contributed by atoms with Crippen LogP contribution in [-0.4, -0.2) is 17.6 Å². The minimum Gasteiger partial charge on any atom is -1.00 e. The third kappa shape index (κ3) is 7.36. The summed E-state index contributed by atoms with van der Waals surface area (Å²) in [5.41, 5.74) is 0.779. The number of anilines is 2. The first-order chi connectivity index (χ1) is 17.7. The van der Waals surface area contributed by atoms with Gasteiger partial charge < -0.3 is 27.6 Å². The van der Waals surface area contributed by atoms with E-state index in [-0.39, 0.29) is 40.8 Å². The molecular formula is C28H21BrF3N3O3. The Labute approximate surface area is 226 Å². The van der Waals surface area contributed by atoms with Gasteiger partial charge in [0.2, 0.25) is 12.3 Å². The van der Waals surface area contributed by atoms with Gasteiger partial charge in [0.25, 0.3) is 0 Å². The number of urea groups is 1. The molecule has 38 heavy (non-hydrogen) atoms. The molecule has 0 saturated carbocycles. The lowest BCUT2D eigenvalue weighted by atomic mass is 10.0. The van der Waals surface area contributed by atoms with Crippen molar-refractivity contribution in [3.05, 3.63) is 126 Å². The predicted molar refractivity (Wildman–Crippen MR) is 131 cm³/mol. The summed E-state index contributed by atoms with van der Waals surface area (Å²) in [5, 5.41) is 4.87. The van der Waals surface area contributed by atoms with E-state index >= 15 is 0 Å². The molecule has 0 aliphatic rings. The monoisotopic (exact) mass is 583 g/mol. The Kier molecular flexibility index (Phi) is 9.14.